The van der Waals surface area contributed by atoms with Crippen LogP contribution in [0.5, 0.6) is 0 Å². The third-order valence-electron chi connectivity index (χ3n) is 10.9. The van der Waals surface area contributed by atoms with E-state index >= 15 is 0 Å². The Hall–Kier alpha value is -5.50. The fourth-order valence-electron chi connectivity index (χ4n) is 7.72. The molecule has 1 nitrogen and oxygen atoms in total. The van der Waals surface area contributed by atoms with E-state index in [9.17, 15) is 105 Å². The Labute approximate surface area is 414 Å². The van der Waals surface area contributed by atoms with Gasteiger partial charge in [-0.05, 0) is 30.3 Å². The molecule has 0 saturated carbocycles. The maximum atomic E-state index is 14.2. The molecule has 0 unspecified atom stereocenters. The Bertz CT molecular complexity index is 2520. The number of hydrogen-bond acceptors (Lipinski definition) is 0. The maximum absolute atomic E-state index is 14.2. The predicted molar refractivity (Wildman–Crippen MR) is 221 cm³/mol. The molecule has 5 aromatic carbocycles. The molecule has 0 aliphatic carbocycles. The highest BCUT2D eigenvalue weighted by Crippen LogP contribution is 2.42. The van der Waals surface area contributed by atoms with Gasteiger partial charge in [0.05, 0.1) is 44.5 Å². The quantitative estimate of drug-likeness (QED) is 0.0677. The Morgan fingerprint density at radius 1 is 0.311 bits per heavy atom. The number of aromatic nitrogens is 1. The summed E-state index contributed by atoms with van der Waals surface area (Å²) in [5.74, 6) is 0. The molecule has 400 valence electrons. The lowest BCUT2D eigenvalue weighted by molar-refractivity contribution is -0.695. The number of benzene rings is 5. The van der Waals surface area contributed by atoms with Crippen molar-refractivity contribution in [1.82, 2.24) is 0 Å². The zero-order valence-electron chi connectivity index (χ0n) is 35.6. The monoisotopic (exact) mass is 1150 g/mol. The Morgan fingerprint density at radius 2 is 0.541 bits per heavy atom. The third-order valence-corrected chi connectivity index (χ3v) is 11.4. The Kier molecular flexibility index (Phi) is 16.2. The molecule has 74 heavy (non-hydrogen) atoms. The molecule has 0 aliphatic rings. The number of pyridine rings is 1. The molecule has 0 radical (unpaired) electrons. The van der Waals surface area contributed by atoms with Crippen molar-refractivity contribution >= 4 is 62.8 Å². The van der Waals surface area contributed by atoms with Crippen molar-refractivity contribution in [1.29, 1.82) is 0 Å². The van der Waals surface area contributed by atoms with Crippen LogP contribution in [0.25, 0.3) is 0 Å². The van der Waals surface area contributed by atoms with Gasteiger partial charge in [0.1, 0.15) is 6.15 Å². The number of hydrogen-bond donors (Lipinski definition) is 0. The van der Waals surface area contributed by atoms with Crippen LogP contribution < -0.4 is 26.4 Å². The molecule has 0 bridgehead atoms. The predicted octanol–water partition coefficient (Wildman–Crippen LogP) is 15.1. The molecular weight excluding hydrogens is 1130 g/mol. The SMILES string of the molecule is ClC(Cl)(Cl)c1cccc[n+]1Cc1ccccc1.FC(F)(F)c1cc([B-](c2cc(C(F)(F)F)cc(C(F)(F)F)c2)(c2cc(C(F)(F)F)cc(C(F)(F)F)c2)c2cc(C(F)(F)F)cc(C(F)(F)F)c2)cc(C(F)(F)F)c1. The first-order chi connectivity index (χ1) is 33.3. The van der Waals surface area contributed by atoms with E-state index < -0.39 is 199 Å². The fourth-order valence-corrected chi connectivity index (χ4v) is 8.24. The van der Waals surface area contributed by atoms with Crippen molar-refractivity contribution in [3.63, 3.8) is 0 Å². The zero-order chi connectivity index (χ0) is 56.2. The molecule has 1 heterocycles. The van der Waals surface area contributed by atoms with E-state index in [0.29, 0.717) is 12.2 Å². The van der Waals surface area contributed by atoms with Gasteiger partial charge in [-0.3, -0.25) is 0 Å². The molecule has 0 fully saturated rings. The van der Waals surface area contributed by atoms with Gasteiger partial charge in [0.2, 0.25) is 5.69 Å². The molecule has 6 rings (SSSR count). The fraction of sp³-hybridized carbons (Fsp3) is 0.222. The number of rotatable bonds is 6. The summed E-state index contributed by atoms with van der Waals surface area (Å²) in [6.45, 7) is 0.685. The first-order valence-electron chi connectivity index (χ1n) is 19.8. The molecule has 1 aromatic heterocycles. The van der Waals surface area contributed by atoms with Crippen molar-refractivity contribution < 1.29 is 110 Å². The van der Waals surface area contributed by atoms with Crippen LogP contribution in [0, 0.1) is 0 Å². The van der Waals surface area contributed by atoms with Crippen LogP contribution in [0.4, 0.5) is 105 Å². The van der Waals surface area contributed by atoms with E-state index in [1.165, 1.54) is 5.56 Å². The van der Waals surface area contributed by atoms with Crippen LogP contribution in [0.3, 0.4) is 0 Å². The van der Waals surface area contributed by atoms with E-state index in [0.717, 1.165) is 0 Å². The van der Waals surface area contributed by atoms with Gasteiger partial charge in [-0.1, -0.05) is 114 Å². The van der Waals surface area contributed by atoms with E-state index in [1.54, 1.807) is 0 Å². The average molecular weight is 1150 g/mol. The average Bonchev–Trinajstić information content (AvgIpc) is 3.24. The highest BCUT2D eigenvalue weighted by atomic mass is 35.6. The second kappa shape index (κ2) is 20.2. The lowest BCUT2D eigenvalue weighted by Crippen LogP contribution is -2.75. The summed E-state index contributed by atoms with van der Waals surface area (Å²) in [5.41, 5.74) is -28.4. The Balaban J connectivity index is 0.000000500. The van der Waals surface area contributed by atoms with Crippen LogP contribution in [-0.2, 0) is 59.7 Å². The lowest BCUT2D eigenvalue weighted by atomic mass is 9.12. The minimum Gasteiger partial charge on any atom is -0.194 e. The summed E-state index contributed by atoms with van der Waals surface area (Å²) in [7, 11) is 0. The Morgan fingerprint density at radius 3 is 0.757 bits per heavy atom. The van der Waals surface area contributed by atoms with E-state index in [4.69, 9.17) is 34.8 Å². The standard InChI is InChI=1S/C32H12BF24.C13H11Cl3N/c34-25(35,36)13-1-14(26(37,38)39)6-21(5-13)33(22-7-15(27(40,41)42)2-16(8-22)28(43,44)45,23-9-17(29(46,47)48)3-18(10-23)30(49,50)51)24-11-19(31(52,53)54)4-20(12-24)32(55,56)57;14-13(15,16)12-8-4-5-9-17(12)10-11-6-2-1-3-7-11/h1-12H;1-9H,10H2/q-1;+1. The number of nitrogens with zero attached hydrogens (tertiary/aromatic N) is 1. The molecule has 0 atom stereocenters. The molecule has 0 spiro atoms. The van der Waals surface area contributed by atoms with Gasteiger partial charge >= 0.3 is 49.4 Å². The van der Waals surface area contributed by atoms with Crippen LogP contribution in [-0.4, -0.2) is 6.15 Å². The van der Waals surface area contributed by atoms with Gasteiger partial charge in [0.15, 0.2) is 12.7 Å². The number of halogens is 27. The normalized spacial score (nSPS) is 13.7. The summed E-state index contributed by atoms with van der Waals surface area (Å²) < 4.78 is 341. The summed E-state index contributed by atoms with van der Waals surface area (Å²) in [5, 5.41) is 0. The van der Waals surface area contributed by atoms with Gasteiger partial charge in [-0.25, -0.2) is 0 Å². The maximum Gasteiger partial charge on any atom is 0.416 e. The summed E-state index contributed by atoms with van der Waals surface area (Å²) in [4.78, 5) is 0. The first kappa shape index (κ1) is 59.4. The molecule has 0 N–H and O–H groups in total. The second-order valence-electron chi connectivity index (χ2n) is 15.9. The molecule has 29 heteroatoms. The third kappa shape index (κ3) is 13.9. The zero-order valence-corrected chi connectivity index (χ0v) is 37.8. The van der Waals surface area contributed by atoms with Crippen molar-refractivity contribution in [2.75, 3.05) is 0 Å². The van der Waals surface area contributed by atoms with Crippen molar-refractivity contribution in [3.05, 3.63) is 183 Å². The lowest BCUT2D eigenvalue weighted by Gasteiger charge is -2.46. The minimum atomic E-state index is -6.13. The smallest absolute Gasteiger partial charge is 0.194 e. The largest absolute Gasteiger partial charge is 0.416 e. The molecular formula is C45H23BCl3F24N. The first-order valence-corrected chi connectivity index (χ1v) is 20.9. The van der Waals surface area contributed by atoms with Gasteiger partial charge in [0.25, 0.3) is 3.79 Å². The van der Waals surface area contributed by atoms with Gasteiger partial charge < -0.3 is 0 Å². The summed E-state index contributed by atoms with van der Waals surface area (Å²) in [6, 6.07) is 6.84. The van der Waals surface area contributed by atoms with Crippen molar-refractivity contribution in [2.45, 2.75) is 59.7 Å². The topological polar surface area (TPSA) is 3.88 Å². The van der Waals surface area contributed by atoms with Gasteiger partial charge in [-0.15, -0.1) is 0 Å². The minimum absolute atomic E-state index is 0.661. The summed E-state index contributed by atoms with van der Waals surface area (Å²) in [6.07, 6.45) is -52.9. The van der Waals surface area contributed by atoms with E-state index in [2.05, 4.69) is 0 Å². The van der Waals surface area contributed by atoms with Crippen molar-refractivity contribution in [3.8, 4) is 0 Å². The molecule has 0 saturated heterocycles. The van der Waals surface area contributed by atoms with Crippen molar-refractivity contribution in [2.24, 2.45) is 0 Å². The number of alkyl halides is 27. The van der Waals surface area contributed by atoms with E-state index in [-0.39, 0.29) is 0 Å². The van der Waals surface area contributed by atoms with Crippen LogP contribution >= 0.6 is 34.8 Å². The highest BCUT2D eigenvalue weighted by Gasteiger charge is 2.47. The van der Waals surface area contributed by atoms with Crippen LogP contribution in [0.2, 0.25) is 0 Å². The summed E-state index contributed by atoms with van der Waals surface area (Å²) >= 11 is 17.8. The van der Waals surface area contributed by atoms with Crippen LogP contribution in [0.15, 0.2) is 128 Å². The second-order valence-corrected chi connectivity index (χ2v) is 18.2. The van der Waals surface area contributed by atoms with Gasteiger partial charge in [-0.2, -0.15) is 132 Å². The molecule has 0 amide bonds. The molecule has 0 aliphatic heterocycles. The van der Waals surface area contributed by atoms with Gasteiger partial charge in [0, 0.05) is 17.7 Å². The van der Waals surface area contributed by atoms with E-state index in [1.807, 2.05) is 59.3 Å². The molecule has 6 aromatic rings. The highest BCUT2D eigenvalue weighted by molar-refractivity contribution is 7.20. The van der Waals surface area contributed by atoms with Crippen LogP contribution in [0.1, 0.15) is 55.8 Å².